The van der Waals surface area contributed by atoms with E-state index in [4.69, 9.17) is 4.74 Å². The van der Waals surface area contributed by atoms with Gasteiger partial charge in [0.2, 0.25) is 0 Å². The summed E-state index contributed by atoms with van der Waals surface area (Å²) in [5.41, 5.74) is 1.08. The van der Waals surface area contributed by atoms with Gasteiger partial charge in [-0.15, -0.1) is 0 Å². The second kappa shape index (κ2) is 15.3. The number of nitrogens with zero attached hydrogens (tertiary/aromatic N) is 1. The molecule has 14 nitrogen and oxygen atoms in total. The van der Waals surface area contributed by atoms with Gasteiger partial charge in [0.15, 0.2) is 0 Å². The molecule has 2 atom stereocenters. The van der Waals surface area contributed by atoms with Crippen LogP contribution in [0.2, 0.25) is 0 Å². The fourth-order valence-electron chi connectivity index (χ4n) is 6.28. The maximum absolute atomic E-state index is 12.1. The molecule has 1 aliphatic rings. The van der Waals surface area contributed by atoms with Gasteiger partial charge in [0.1, 0.15) is 0 Å². The van der Waals surface area contributed by atoms with Gasteiger partial charge in [-0.05, 0) is 98.2 Å². The van der Waals surface area contributed by atoms with Crippen molar-refractivity contribution in [2.45, 2.75) is 67.1 Å². The zero-order valence-corrected chi connectivity index (χ0v) is 31.4. The van der Waals surface area contributed by atoms with Gasteiger partial charge in [-0.25, -0.2) is 0 Å². The van der Waals surface area contributed by atoms with Crippen LogP contribution in [0.25, 0.3) is 0 Å². The zero-order chi connectivity index (χ0) is 37.9. The lowest BCUT2D eigenvalue weighted by molar-refractivity contribution is 0.178. The molecule has 50 heavy (non-hydrogen) atoms. The lowest BCUT2D eigenvalue weighted by atomic mass is 9.72. The highest BCUT2D eigenvalue weighted by Gasteiger charge is 2.44. The van der Waals surface area contributed by atoms with Crippen LogP contribution in [-0.4, -0.2) is 83.6 Å². The first-order valence-corrected chi connectivity index (χ1v) is 21.4. The Labute approximate surface area is 294 Å². The first kappa shape index (κ1) is 41.5. The van der Waals surface area contributed by atoms with Crippen LogP contribution in [0.4, 0.5) is 5.69 Å². The van der Waals surface area contributed by atoms with Crippen LogP contribution < -0.4 is 4.90 Å². The molecular formula is C32H43NO13S4. The maximum atomic E-state index is 12.1. The predicted octanol–water partition coefficient (Wildman–Crippen LogP) is 4.50. The summed E-state index contributed by atoms with van der Waals surface area (Å²) in [5, 5.41) is 0. The average molecular weight is 778 g/mol. The van der Waals surface area contributed by atoms with Crippen LogP contribution in [0.15, 0.2) is 82.3 Å². The van der Waals surface area contributed by atoms with E-state index in [9.17, 15) is 51.9 Å². The molecule has 0 fully saturated rings. The van der Waals surface area contributed by atoms with Gasteiger partial charge in [-0.1, -0.05) is 31.7 Å². The van der Waals surface area contributed by atoms with Crippen molar-refractivity contribution in [2.24, 2.45) is 0 Å². The third kappa shape index (κ3) is 10.1. The van der Waals surface area contributed by atoms with Crippen LogP contribution in [0.3, 0.4) is 0 Å². The maximum Gasteiger partial charge on any atom is 0.294 e. The minimum absolute atomic E-state index is 0.0275. The normalized spacial score (nSPS) is 19.2. The number of aryl methyl sites for hydroxylation is 1. The van der Waals surface area contributed by atoms with Gasteiger partial charge in [-0.2, -0.15) is 33.7 Å². The molecule has 0 spiro atoms. The SMILES string of the molecule is C=C(/C=C/C=C1/N(CCCS(=O)(=O)O)c2ccc(S(=O)(=O)O)cc2C1(C)CCCS(=O)(=O)O)C(C)(CCOC)c1cc(S(=O)(=O)O)ccc1C. The molecule has 2 aromatic carbocycles. The molecule has 0 amide bonds. The number of hydrogen-bond donors (Lipinski definition) is 4. The van der Waals surface area contributed by atoms with Crippen molar-refractivity contribution in [3.63, 3.8) is 0 Å². The Bertz CT molecular complexity index is 2120. The fraction of sp³-hybridized carbons (Fsp3) is 0.438. The molecular weight excluding hydrogens is 735 g/mol. The predicted molar refractivity (Wildman–Crippen MR) is 189 cm³/mol. The molecule has 3 rings (SSSR count). The van der Waals surface area contributed by atoms with Crippen LogP contribution in [-0.2, 0) is 56.0 Å². The summed E-state index contributed by atoms with van der Waals surface area (Å²) in [6, 6.07) is 8.10. The van der Waals surface area contributed by atoms with Crippen LogP contribution in [0.5, 0.6) is 0 Å². The van der Waals surface area contributed by atoms with Crippen molar-refractivity contribution in [3.8, 4) is 0 Å². The van der Waals surface area contributed by atoms with Gasteiger partial charge in [-0.3, -0.25) is 18.2 Å². The van der Waals surface area contributed by atoms with Crippen molar-refractivity contribution in [1.82, 2.24) is 0 Å². The molecule has 1 aliphatic heterocycles. The molecule has 4 N–H and O–H groups in total. The van der Waals surface area contributed by atoms with Crippen LogP contribution in [0, 0.1) is 6.92 Å². The minimum atomic E-state index is -4.66. The number of methoxy groups -OCH3 is 1. The minimum Gasteiger partial charge on any atom is -0.385 e. The third-order valence-electron chi connectivity index (χ3n) is 9.04. The van der Waals surface area contributed by atoms with Crippen molar-refractivity contribution in [3.05, 3.63) is 89.2 Å². The Morgan fingerprint density at radius 2 is 1.46 bits per heavy atom. The Balaban J connectivity index is 2.21. The first-order chi connectivity index (χ1) is 22.8. The Morgan fingerprint density at radius 1 is 0.900 bits per heavy atom. The molecule has 278 valence electrons. The number of fused-ring (bicyclic) bond motifs is 1. The molecule has 0 aromatic heterocycles. The summed E-state index contributed by atoms with van der Waals surface area (Å²) in [6.07, 6.45) is 5.29. The Morgan fingerprint density at radius 3 is 2.02 bits per heavy atom. The highest BCUT2D eigenvalue weighted by molar-refractivity contribution is 7.86. The standard InChI is InChI=1S/C32H43NO13S4/c1-23-11-12-25(49(40,41)42)21-27(23)31(3,16-18-46-5)24(2)9-6-10-30-32(4,15-7-19-47(34,35)36)28-22-26(50(43,44)45)13-14-29(28)33(30)17-8-20-48(37,38)39/h6,9-14,21-22H,2,7-8,15-20H2,1,3-5H3,(H,34,35,36)(H,37,38,39)(H,40,41,42)(H,43,44,45)/b9-6+,30-10+. The topological polar surface area (TPSA) is 230 Å². The summed E-state index contributed by atoms with van der Waals surface area (Å²) >= 11 is 0. The first-order valence-electron chi connectivity index (χ1n) is 15.3. The van der Waals surface area contributed by atoms with E-state index >= 15 is 0 Å². The summed E-state index contributed by atoms with van der Waals surface area (Å²) < 4.78 is 138. The smallest absolute Gasteiger partial charge is 0.294 e. The lowest BCUT2D eigenvalue weighted by Crippen LogP contribution is -2.30. The van der Waals surface area contributed by atoms with Crippen LogP contribution in [0.1, 0.15) is 56.2 Å². The van der Waals surface area contributed by atoms with Crippen molar-refractivity contribution in [2.75, 3.05) is 36.7 Å². The van der Waals surface area contributed by atoms with Crippen LogP contribution >= 0.6 is 0 Å². The quantitative estimate of drug-likeness (QED) is 0.128. The second-order valence-electron chi connectivity index (χ2n) is 12.6. The molecule has 0 saturated heterocycles. The number of hydrogen-bond acceptors (Lipinski definition) is 10. The third-order valence-corrected chi connectivity index (χ3v) is 12.3. The average Bonchev–Trinajstić information content (AvgIpc) is 3.20. The number of benzene rings is 2. The van der Waals surface area contributed by atoms with E-state index < -0.39 is 67.7 Å². The molecule has 2 unspecified atom stereocenters. The van der Waals surface area contributed by atoms with Gasteiger partial charge in [0, 0.05) is 42.5 Å². The Hall–Kier alpha value is -2.94. The summed E-state index contributed by atoms with van der Waals surface area (Å²) in [7, 11) is -16.4. The Kier molecular flexibility index (Phi) is 12.7. The summed E-state index contributed by atoms with van der Waals surface area (Å²) in [6.45, 7) is 9.89. The lowest BCUT2D eigenvalue weighted by Gasteiger charge is -2.33. The number of ether oxygens (including phenoxy) is 1. The summed E-state index contributed by atoms with van der Waals surface area (Å²) in [5.74, 6) is -1.18. The largest absolute Gasteiger partial charge is 0.385 e. The molecule has 2 aromatic rings. The van der Waals surface area contributed by atoms with Gasteiger partial charge < -0.3 is 9.64 Å². The van der Waals surface area contributed by atoms with E-state index in [-0.39, 0.29) is 37.3 Å². The van der Waals surface area contributed by atoms with E-state index in [1.54, 1.807) is 43.0 Å². The molecule has 0 saturated carbocycles. The highest BCUT2D eigenvalue weighted by Crippen LogP contribution is 2.51. The molecule has 1 heterocycles. The number of anilines is 1. The fourth-order valence-corrected chi connectivity index (χ4v) is 8.30. The molecule has 0 aliphatic carbocycles. The highest BCUT2D eigenvalue weighted by atomic mass is 32.2. The van der Waals surface area contributed by atoms with Gasteiger partial charge in [0.25, 0.3) is 40.5 Å². The second-order valence-corrected chi connectivity index (χ2v) is 18.6. The molecule has 18 heteroatoms. The molecule has 0 radical (unpaired) electrons. The number of rotatable bonds is 17. The van der Waals surface area contributed by atoms with Crippen molar-refractivity contribution >= 4 is 46.2 Å². The van der Waals surface area contributed by atoms with Crippen molar-refractivity contribution in [1.29, 1.82) is 0 Å². The van der Waals surface area contributed by atoms with Crippen molar-refractivity contribution < 1.29 is 56.6 Å². The van der Waals surface area contributed by atoms with E-state index in [2.05, 4.69) is 6.58 Å². The van der Waals surface area contributed by atoms with E-state index in [1.807, 2.05) is 6.92 Å². The number of allylic oxidation sites excluding steroid dienone is 5. The molecule has 0 bridgehead atoms. The monoisotopic (exact) mass is 777 g/mol. The van der Waals surface area contributed by atoms with Gasteiger partial charge in [0.05, 0.1) is 21.3 Å². The zero-order valence-electron chi connectivity index (χ0n) is 28.1. The van der Waals surface area contributed by atoms with E-state index in [0.29, 0.717) is 34.5 Å². The van der Waals surface area contributed by atoms with E-state index in [0.717, 1.165) is 5.56 Å². The van der Waals surface area contributed by atoms with Gasteiger partial charge >= 0.3 is 0 Å². The summed E-state index contributed by atoms with van der Waals surface area (Å²) in [4.78, 5) is 0.991. The van der Waals surface area contributed by atoms with E-state index in [1.165, 1.54) is 37.4 Å².